The average molecular weight is 677 g/mol. The molecule has 0 amide bonds. The third-order valence-corrected chi connectivity index (χ3v) is 9.42. The van der Waals surface area contributed by atoms with Crippen molar-refractivity contribution < 1.29 is 67.0 Å². The van der Waals surface area contributed by atoms with Crippen LogP contribution in [0.5, 0.6) is 0 Å². The molecule has 264 valence electrons. The van der Waals surface area contributed by atoms with E-state index < -0.39 is 113 Å². The first kappa shape index (κ1) is 36.8. The first-order valence-electron chi connectivity index (χ1n) is 15.8. The van der Waals surface area contributed by atoms with Gasteiger partial charge in [0.25, 0.3) is 0 Å². The monoisotopic (exact) mass is 676 g/mol. The summed E-state index contributed by atoms with van der Waals surface area (Å²) in [6.07, 6.45) is -8.32. The molecule has 3 fully saturated rings. The molecule has 0 aromatic heterocycles. The van der Waals surface area contributed by atoms with Gasteiger partial charge in [-0.2, -0.15) is 0 Å². The molecule has 1 spiro atoms. The second-order valence-corrected chi connectivity index (χ2v) is 13.7. The molecule has 1 N–H and O–H groups in total. The molecule has 1 aromatic carbocycles. The number of carbonyl (C=O) groups excluding carboxylic acids is 6. The Bertz CT molecular complexity index is 1450. The van der Waals surface area contributed by atoms with Gasteiger partial charge in [0.15, 0.2) is 17.8 Å². The van der Waals surface area contributed by atoms with Crippen molar-refractivity contribution in [1.82, 2.24) is 0 Å². The van der Waals surface area contributed by atoms with Crippen LogP contribution in [0.15, 0.2) is 30.3 Å². The molecule has 2 saturated carbocycles. The van der Waals surface area contributed by atoms with Gasteiger partial charge in [-0.1, -0.05) is 32.0 Å². The molecule has 3 aliphatic rings. The highest BCUT2D eigenvalue weighted by Crippen LogP contribution is 2.69. The van der Waals surface area contributed by atoms with Crippen molar-refractivity contribution in [3.8, 4) is 0 Å². The van der Waals surface area contributed by atoms with E-state index in [2.05, 4.69) is 0 Å². The molecular weight excluding hydrogens is 632 g/mol. The molecule has 2 aliphatic carbocycles. The number of carbonyl (C=O) groups is 6. The van der Waals surface area contributed by atoms with E-state index in [-0.39, 0.29) is 5.56 Å². The van der Waals surface area contributed by atoms with Crippen molar-refractivity contribution in [2.45, 2.75) is 116 Å². The third-order valence-electron chi connectivity index (χ3n) is 9.42. The van der Waals surface area contributed by atoms with Crippen LogP contribution in [-0.2, 0) is 57.1 Å². The van der Waals surface area contributed by atoms with Crippen LogP contribution < -0.4 is 0 Å². The second-order valence-electron chi connectivity index (χ2n) is 13.7. The van der Waals surface area contributed by atoms with E-state index >= 15 is 0 Å². The average Bonchev–Trinajstić information content (AvgIpc) is 3.16. The predicted molar refractivity (Wildman–Crippen MR) is 163 cm³/mol. The van der Waals surface area contributed by atoms with Crippen molar-refractivity contribution >= 4 is 35.8 Å². The second kappa shape index (κ2) is 13.1. The Morgan fingerprint density at radius 1 is 0.792 bits per heavy atom. The Balaban J connectivity index is 2.18. The van der Waals surface area contributed by atoms with Crippen LogP contribution in [0.2, 0.25) is 0 Å². The predicted octanol–water partition coefficient (Wildman–Crippen LogP) is 2.46. The van der Waals surface area contributed by atoms with Gasteiger partial charge in [-0.3, -0.25) is 24.0 Å². The maximum atomic E-state index is 14.0. The van der Waals surface area contributed by atoms with E-state index in [1.54, 1.807) is 45.9 Å². The lowest BCUT2D eigenvalue weighted by Gasteiger charge is -2.66. The summed E-state index contributed by atoms with van der Waals surface area (Å²) >= 11 is 0. The summed E-state index contributed by atoms with van der Waals surface area (Å²) in [6.45, 7) is 11.4. The van der Waals surface area contributed by atoms with Gasteiger partial charge in [0, 0.05) is 34.1 Å². The molecule has 48 heavy (non-hydrogen) atoms. The van der Waals surface area contributed by atoms with Crippen LogP contribution in [0, 0.1) is 17.3 Å². The lowest BCUT2D eigenvalue weighted by Crippen LogP contribution is -2.85. The van der Waals surface area contributed by atoms with Crippen LogP contribution in [0.4, 0.5) is 0 Å². The van der Waals surface area contributed by atoms with Gasteiger partial charge in [0.05, 0.1) is 28.6 Å². The van der Waals surface area contributed by atoms with Crippen LogP contribution >= 0.6 is 0 Å². The van der Waals surface area contributed by atoms with Crippen LogP contribution in [0.1, 0.15) is 79.1 Å². The molecule has 14 nitrogen and oxygen atoms in total. The number of hydrogen-bond acceptors (Lipinski definition) is 14. The van der Waals surface area contributed by atoms with Gasteiger partial charge < -0.3 is 38.3 Å². The lowest BCUT2D eigenvalue weighted by molar-refractivity contribution is -0.363. The topological polar surface area (TPSA) is 187 Å². The summed E-state index contributed by atoms with van der Waals surface area (Å²) in [5, 5.41) is 12.6. The van der Waals surface area contributed by atoms with E-state index in [9.17, 15) is 33.9 Å². The van der Waals surface area contributed by atoms with E-state index in [1.807, 2.05) is 0 Å². The van der Waals surface area contributed by atoms with E-state index in [0.717, 1.165) is 27.7 Å². The van der Waals surface area contributed by atoms with Gasteiger partial charge in [-0.25, -0.2) is 4.79 Å². The van der Waals surface area contributed by atoms with Crippen LogP contribution in [-0.4, -0.2) is 94.9 Å². The van der Waals surface area contributed by atoms with Crippen molar-refractivity contribution in [2.24, 2.45) is 17.3 Å². The summed E-state index contributed by atoms with van der Waals surface area (Å²) in [5.74, 6) is -6.78. The molecule has 9 atom stereocenters. The molecule has 1 heterocycles. The highest BCUT2D eigenvalue weighted by atomic mass is 16.7. The smallest absolute Gasteiger partial charge is 0.338 e. The molecule has 4 rings (SSSR count). The van der Waals surface area contributed by atoms with Gasteiger partial charge in [0.1, 0.15) is 30.3 Å². The fourth-order valence-electron chi connectivity index (χ4n) is 7.95. The lowest BCUT2D eigenvalue weighted by atomic mass is 9.45. The maximum absolute atomic E-state index is 14.0. The molecule has 1 aliphatic heterocycles. The molecule has 4 unspecified atom stereocenters. The largest absolute Gasteiger partial charge is 0.464 e. The summed E-state index contributed by atoms with van der Waals surface area (Å²) in [5.41, 5.74) is -7.97. The molecule has 1 saturated heterocycles. The zero-order valence-electron chi connectivity index (χ0n) is 28.6. The summed E-state index contributed by atoms with van der Waals surface area (Å²) < 4.78 is 42.5. The van der Waals surface area contributed by atoms with Gasteiger partial charge >= 0.3 is 35.8 Å². The Kier molecular flexibility index (Phi) is 10.0. The Morgan fingerprint density at radius 3 is 1.85 bits per heavy atom. The normalized spacial score (nSPS) is 34.6. The third kappa shape index (κ3) is 6.15. The van der Waals surface area contributed by atoms with Crippen molar-refractivity contribution in [3.63, 3.8) is 0 Å². The molecule has 0 radical (unpaired) electrons. The number of ether oxygens (including phenoxy) is 7. The highest BCUT2D eigenvalue weighted by Gasteiger charge is 2.89. The van der Waals surface area contributed by atoms with E-state index in [0.29, 0.717) is 0 Å². The minimum atomic E-state index is -2.26. The Labute approximate surface area is 278 Å². The number of rotatable bonds is 9. The molecular formula is C34H44O14. The molecule has 14 heteroatoms. The standard InChI is InChI=1S/C34H44O14/c1-17(2)29(39)42-16-33-26(45-20(5)37)23(43-18(3)35)15-32(9,41)34(33)27(46-21(6)38)24(31(7,8)48-34)25(44-19(4)36)28(33)47-30(40)22-13-11-10-12-14-22/h10-14,17,23-28,41H,15-16H2,1-9H3/t23?,24-,25?,26?,27-,28+,32+,33?,34+/m1/s1. The summed E-state index contributed by atoms with van der Waals surface area (Å²) in [4.78, 5) is 78.3. The van der Waals surface area contributed by atoms with Gasteiger partial charge in [-0.05, 0) is 32.9 Å². The van der Waals surface area contributed by atoms with Gasteiger partial charge in [-0.15, -0.1) is 0 Å². The number of hydrogen-bond donors (Lipinski definition) is 1. The number of benzene rings is 1. The molecule has 2 bridgehead atoms. The fourth-order valence-corrected chi connectivity index (χ4v) is 7.95. The van der Waals surface area contributed by atoms with E-state index in [1.165, 1.54) is 19.1 Å². The number of aliphatic hydroxyl groups is 1. The quantitative estimate of drug-likeness (QED) is 0.297. The van der Waals surface area contributed by atoms with Crippen molar-refractivity contribution in [2.75, 3.05) is 6.61 Å². The Hall–Kier alpha value is -4.04. The van der Waals surface area contributed by atoms with Gasteiger partial charge in [0.2, 0.25) is 0 Å². The SMILES string of the molecule is CC(=O)OC1C[C@](C)(O)[C@]23OC(C)(C)[C@H](C(OC(C)=O)[C@H](OC(=O)c4ccccc4)C2(COC(=O)C(C)C)C1OC(C)=O)[C@H]3OC(C)=O. The summed E-state index contributed by atoms with van der Waals surface area (Å²) in [7, 11) is 0. The first-order chi connectivity index (χ1) is 22.2. The van der Waals surface area contributed by atoms with E-state index in [4.69, 9.17) is 33.2 Å². The minimum Gasteiger partial charge on any atom is -0.464 e. The highest BCUT2D eigenvalue weighted by molar-refractivity contribution is 5.89. The number of fused-ring (bicyclic) bond motifs is 1. The van der Waals surface area contributed by atoms with Crippen molar-refractivity contribution in [1.29, 1.82) is 0 Å². The van der Waals surface area contributed by atoms with Crippen molar-refractivity contribution in [3.05, 3.63) is 35.9 Å². The molecule has 1 aromatic rings. The Morgan fingerprint density at radius 2 is 1.33 bits per heavy atom. The maximum Gasteiger partial charge on any atom is 0.338 e. The zero-order chi connectivity index (χ0) is 36.0. The van der Waals surface area contributed by atoms with Crippen LogP contribution in [0.3, 0.4) is 0 Å². The number of esters is 6. The zero-order valence-corrected chi connectivity index (χ0v) is 28.6. The first-order valence-corrected chi connectivity index (χ1v) is 15.8. The van der Waals surface area contributed by atoms with Crippen LogP contribution in [0.25, 0.3) is 0 Å². The fraction of sp³-hybridized carbons (Fsp3) is 0.647. The summed E-state index contributed by atoms with van der Waals surface area (Å²) in [6, 6.07) is 7.83. The minimum absolute atomic E-state index is 0.0835.